The number of halogens is 1. The molecule has 1 saturated carbocycles. The monoisotopic (exact) mass is 278 g/mol. The maximum absolute atomic E-state index is 11.9. The average molecular weight is 279 g/mol. The van der Waals surface area contributed by atoms with Gasteiger partial charge in [0.05, 0.1) is 0 Å². The number of nitrogens with two attached hydrogens (primary N) is 1. The fourth-order valence-corrected chi connectivity index (χ4v) is 2.29. The second-order valence-corrected chi connectivity index (χ2v) is 4.91. The van der Waals surface area contributed by atoms with Gasteiger partial charge in [0.25, 0.3) is 0 Å². The van der Waals surface area contributed by atoms with Crippen molar-refractivity contribution in [3.05, 3.63) is 0 Å². The van der Waals surface area contributed by atoms with Gasteiger partial charge in [0.1, 0.15) is 6.10 Å². The lowest BCUT2D eigenvalue weighted by atomic mass is 10.0. The van der Waals surface area contributed by atoms with Gasteiger partial charge in [-0.1, -0.05) is 19.8 Å². The van der Waals surface area contributed by atoms with Gasteiger partial charge in [-0.05, 0) is 38.6 Å². The summed E-state index contributed by atoms with van der Waals surface area (Å²) in [5.74, 6) is 0.452. The largest absolute Gasteiger partial charge is 0.369 e. The van der Waals surface area contributed by atoms with Crippen LogP contribution in [-0.4, -0.2) is 31.2 Å². The zero-order valence-corrected chi connectivity index (χ0v) is 12.3. The summed E-state index contributed by atoms with van der Waals surface area (Å²) in [5, 5.41) is 3.06. The maximum atomic E-state index is 11.9. The first-order valence-corrected chi connectivity index (χ1v) is 6.81. The minimum atomic E-state index is -0.347. The van der Waals surface area contributed by atoms with E-state index in [0.29, 0.717) is 19.1 Å². The number of hydrogen-bond acceptors (Lipinski definition) is 3. The van der Waals surface area contributed by atoms with Crippen LogP contribution in [0.4, 0.5) is 0 Å². The summed E-state index contributed by atoms with van der Waals surface area (Å²) >= 11 is 0. The fraction of sp³-hybridized carbons (Fsp3) is 0.923. The molecule has 1 aliphatic rings. The molecule has 1 aliphatic carbocycles. The number of carbonyl (C=O) groups is 1. The third-order valence-corrected chi connectivity index (χ3v) is 3.52. The van der Waals surface area contributed by atoms with Gasteiger partial charge in [0.2, 0.25) is 5.91 Å². The molecular formula is C13H27ClN2O2. The van der Waals surface area contributed by atoms with E-state index < -0.39 is 0 Å². The number of rotatable bonds is 7. The third kappa shape index (κ3) is 5.55. The van der Waals surface area contributed by atoms with E-state index in [9.17, 15) is 4.79 Å². The summed E-state index contributed by atoms with van der Waals surface area (Å²) in [5.41, 5.74) is 5.69. The van der Waals surface area contributed by atoms with Gasteiger partial charge in [-0.25, -0.2) is 0 Å². The van der Waals surface area contributed by atoms with Crippen molar-refractivity contribution in [1.82, 2.24) is 5.32 Å². The van der Waals surface area contributed by atoms with E-state index in [-0.39, 0.29) is 30.5 Å². The summed E-state index contributed by atoms with van der Waals surface area (Å²) in [6.07, 6.45) is 5.10. The lowest BCUT2D eigenvalue weighted by molar-refractivity contribution is -0.132. The van der Waals surface area contributed by atoms with Crippen molar-refractivity contribution in [2.75, 3.05) is 13.2 Å². The number of nitrogens with one attached hydrogen (secondary N) is 1. The Morgan fingerprint density at radius 1 is 1.50 bits per heavy atom. The molecule has 5 heteroatoms. The Kier molecular flexibility index (Phi) is 9.42. The van der Waals surface area contributed by atoms with E-state index in [0.717, 1.165) is 32.1 Å². The topological polar surface area (TPSA) is 64.3 Å². The molecule has 0 saturated heterocycles. The molecule has 3 unspecified atom stereocenters. The first-order valence-electron chi connectivity index (χ1n) is 6.81. The van der Waals surface area contributed by atoms with Crippen LogP contribution in [0, 0.1) is 5.92 Å². The Bertz CT molecular complexity index is 239. The Balaban J connectivity index is 0.00000289. The smallest absolute Gasteiger partial charge is 0.249 e. The van der Waals surface area contributed by atoms with Crippen LogP contribution >= 0.6 is 12.4 Å². The fourth-order valence-electron chi connectivity index (χ4n) is 2.29. The minimum Gasteiger partial charge on any atom is -0.369 e. The number of hydrogen-bond donors (Lipinski definition) is 2. The molecule has 0 aromatic heterocycles. The lowest BCUT2D eigenvalue weighted by Crippen LogP contribution is -2.44. The Hall–Kier alpha value is -0.320. The Labute approximate surface area is 116 Å². The molecule has 0 bridgehead atoms. The molecule has 0 aliphatic heterocycles. The van der Waals surface area contributed by atoms with Crippen molar-refractivity contribution >= 4 is 18.3 Å². The second-order valence-electron chi connectivity index (χ2n) is 4.91. The van der Waals surface area contributed by atoms with Crippen molar-refractivity contribution in [2.24, 2.45) is 11.7 Å². The van der Waals surface area contributed by atoms with E-state index in [1.807, 2.05) is 6.92 Å². The molecule has 108 valence electrons. The second kappa shape index (κ2) is 9.59. The zero-order valence-electron chi connectivity index (χ0n) is 11.5. The van der Waals surface area contributed by atoms with Crippen molar-refractivity contribution in [3.63, 3.8) is 0 Å². The van der Waals surface area contributed by atoms with Gasteiger partial charge in [-0.3, -0.25) is 4.79 Å². The highest BCUT2D eigenvalue weighted by molar-refractivity contribution is 5.85. The molecule has 18 heavy (non-hydrogen) atoms. The van der Waals surface area contributed by atoms with Crippen LogP contribution in [0.2, 0.25) is 0 Å². The normalized spacial score (nSPS) is 24.4. The van der Waals surface area contributed by atoms with E-state index >= 15 is 0 Å². The molecule has 3 atom stereocenters. The molecule has 0 spiro atoms. The van der Waals surface area contributed by atoms with Crippen LogP contribution in [-0.2, 0) is 9.53 Å². The summed E-state index contributed by atoms with van der Waals surface area (Å²) in [4.78, 5) is 11.9. The average Bonchev–Trinajstić information content (AvgIpc) is 2.76. The molecule has 0 heterocycles. The number of ether oxygens (including phenoxy) is 1. The van der Waals surface area contributed by atoms with Crippen LogP contribution in [0.15, 0.2) is 0 Å². The predicted molar refractivity (Wildman–Crippen MR) is 75.9 cm³/mol. The van der Waals surface area contributed by atoms with Crippen molar-refractivity contribution < 1.29 is 9.53 Å². The predicted octanol–water partition coefficient (Wildman–Crippen LogP) is 1.86. The molecule has 1 rings (SSSR count). The van der Waals surface area contributed by atoms with Crippen molar-refractivity contribution in [2.45, 2.75) is 58.1 Å². The van der Waals surface area contributed by atoms with Gasteiger partial charge in [-0.2, -0.15) is 0 Å². The molecule has 0 aromatic carbocycles. The van der Waals surface area contributed by atoms with Crippen molar-refractivity contribution in [1.29, 1.82) is 0 Å². The minimum absolute atomic E-state index is 0. The molecular weight excluding hydrogens is 252 g/mol. The Morgan fingerprint density at radius 3 is 2.83 bits per heavy atom. The number of amides is 1. The summed E-state index contributed by atoms with van der Waals surface area (Å²) in [6.45, 7) is 5.25. The molecule has 4 nitrogen and oxygen atoms in total. The van der Waals surface area contributed by atoms with Crippen LogP contribution in [0.1, 0.15) is 46.0 Å². The summed E-state index contributed by atoms with van der Waals surface area (Å²) < 4.78 is 5.48. The quantitative estimate of drug-likeness (QED) is 0.699. The third-order valence-electron chi connectivity index (χ3n) is 3.52. The number of unbranched alkanes of at least 4 members (excludes halogenated alkanes) is 1. The first-order chi connectivity index (χ1) is 8.19. The van der Waals surface area contributed by atoms with Crippen LogP contribution in [0.25, 0.3) is 0 Å². The van der Waals surface area contributed by atoms with E-state index in [1.165, 1.54) is 0 Å². The first kappa shape index (κ1) is 17.7. The van der Waals surface area contributed by atoms with Crippen LogP contribution < -0.4 is 11.1 Å². The SMILES string of the molecule is CCCCOC(C)C(=O)NC1CCCC1CN.Cl. The molecule has 3 N–H and O–H groups in total. The highest BCUT2D eigenvalue weighted by atomic mass is 35.5. The highest BCUT2D eigenvalue weighted by Gasteiger charge is 2.28. The van der Waals surface area contributed by atoms with Gasteiger partial charge >= 0.3 is 0 Å². The molecule has 1 amide bonds. The van der Waals surface area contributed by atoms with Gasteiger partial charge in [0.15, 0.2) is 0 Å². The lowest BCUT2D eigenvalue weighted by Gasteiger charge is -2.21. The van der Waals surface area contributed by atoms with E-state index in [1.54, 1.807) is 0 Å². The highest BCUT2D eigenvalue weighted by Crippen LogP contribution is 2.24. The van der Waals surface area contributed by atoms with Gasteiger partial charge < -0.3 is 15.8 Å². The zero-order chi connectivity index (χ0) is 12.7. The molecule has 0 aromatic rings. The van der Waals surface area contributed by atoms with Crippen molar-refractivity contribution in [3.8, 4) is 0 Å². The molecule has 1 fully saturated rings. The molecule has 0 radical (unpaired) electrons. The van der Waals surface area contributed by atoms with Crippen LogP contribution in [0.3, 0.4) is 0 Å². The summed E-state index contributed by atoms with van der Waals surface area (Å²) in [7, 11) is 0. The number of carbonyl (C=O) groups excluding carboxylic acids is 1. The summed E-state index contributed by atoms with van der Waals surface area (Å²) in [6, 6.07) is 0.254. The van der Waals surface area contributed by atoms with Gasteiger partial charge in [-0.15, -0.1) is 12.4 Å². The standard InChI is InChI=1S/C13H26N2O2.ClH/c1-3-4-8-17-10(2)13(16)15-12-7-5-6-11(12)9-14;/h10-12H,3-9,14H2,1-2H3,(H,15,16);1H. The van der Waals surface area contributed by atoms with Gasteiger partial charge in [0, 0.05) is 12.6 Å². The van der Waals surface area contributed by atoms with E-state index in [2.05, 4.69) is 12.2 Å². The Morgan fingerprint density at radius 2 is 2.22 bits per heavy atom. The van der Waals surface area contributed by atoms with Crippen LogP contribution in [0.5, 0.6) is 0 Å². The maximum Gasteiger partial charge on any atom is 0.249 e. The van der Waals surface area contributed by atoms with E-state index in [4.69, 9.17) is 10.5 Å².